The third-order valence-corrected chi connectivity index (χ3v) is 4.00. The number of carbonyl (C=O) groups is 1. The highest BCUT2D eigenvalue weighted by Gasteiger charge is 2.38. The number of likely N-dealkylation sites (N-methyl/N-ethyl adjacent to an activating group) is 1. The minimum absolute atomic E-state index is 0.165. The van der Waals surface area contributed by atoms with Gasteiger partial charge in [-0.15, -0.1) is 0 Å². The van der Waals surface area contributed by atoms with Crippen molar-refractivity contribution < 1.29 is 9.53 Å². The second kappa shape index (κ2) is 7.96. The van der Waals surface area contributed by atoms with E-state index in [0.717, 1.165) is 32.6 Å². The Labute approximate surface area is 123 Å². The van der Waals surface area contributed by atoms with Crippen molar-refractivity contribution >= 4 is 5.97 Å². The molecule has 0 aliphatic carbocycles. The summed E-state index contributed by atoms with van der Waals surface area (Å²) in [6.45, 7) is 7.73. The number of nitrogens with zero attached hydrogens (tertiary/aromatic N) is 2. The van der Waals surface area contributed by atoms with Crippen LogP contribution in [0.1, 0.15) is 33.1 Å². The minimum Gasteiger partial charge on any atom is -0.468 e. The molecule has 0 aromatic rings. The van der Waals surface area contributed by atoms with E-state index in [0.29, 0.717) is 6.04 Å². The van der Waals surface area contributed by atoms with Gasteiger partial charge in [-0.3, -0.25) is 9.69 Å². The largest absolute Gasteiger partial charge is 0.468 e. The third kappa shape index (κ3) is 4.72. The molecule has 118 valence electrons. The van der Waals surface area contributed by atoms with Crippen molar-refractivity contribution in [2.45, 2.75) is 44.7 Å². The van der Waals surface area contributed by atoms with E-state index in [-0.39, 0.29) is 5.97 Å². The van der Waals surface area contributed by atoms with Crippen LogP contribution in [0.2, 0.25) is 0 Å². The van der Waals surface area contributed by atoms with Gasteiger partial charge in [0.05, 0.1) is 7.11 Å². The maximum atomic E-state index is 12.1. The normalized spacial score (nSPS) is 23.0. The fourth-order valence-electron chi connectivity index (χ4n) is 2.96. The lowest BCUT2D eigenvalue weighted by Gasteiger charge is -2.35. The van der Waals surface area contributed by atoms with Gasteiger partial charge in [-0.25, -0.2) is 0 Å². The Morgan fingerprint density at radius 3 is 2.75 bits per heavy atom. The van der Waals surface area contributed by atoms with Gasteiger partial charge < -0.3 is 15.0 Å². The van der Waals surface area contributed by atoms with Gasteiger partial charge in [0, 0.05) is 19.1 Å². The quantitative estimate of drug-likeness (QED) is 0.673. The average molecular weight is 285 g/mol. The van der Waals surface area contributed by atoms with Crippen LogP contribution in [0.4, 0.5) is 0 Å². The van der Waals surface area contributed by atoms with Crippen LogP contribution >= 0.6 is 0 Å². The van der Waals surface area contributed by atoms with Crippen LogP contribution in [0, 0.1) is 0 Å². The van der Waals surface area contributed by atoms with Crippen LogP contribution in [-0.4, -0.2) is 74.7 Å². The van der Waals surface area contributed by atoms with E-state index in [9.17, 15) is 4.79 Å². The molecule has 20 heavy (non-hydrogen) atoms. The Morgan fingerprint density at radius 2 is 2.20 bits per heavy atom. The molecular formula is C15H31N3O2. The van der Waals surface area contributed by atoms with Crippen molar-refractivity contribution in [3.8, 4) is 0 Å². The van der Waals surface area contributed by atoms with Gasteiger partial charge in [0.25, 0.3) is 0 Å². The average Bonchev–Trinajstić information content (AvgIpc) is 2.81. The summed E-state index contributed by atoms with van der Waals surface area (Å²) < 4.78 is 5.00. The summed E-state index contributed by atoms with van der Waals surface area (Å²) in [5, 5.41) is 3.37. The summed E-state index contributed by atoms with van der Waals surface area (Å²) in [5.74, 6) is -0.165. The first-order valence-corrected chi connectivity index (χ1v) is 7.65. The molecule has 0 saturated carbocycles. The molecule has 5 heteroatoms. The molecule has 0 bridgehead atoms. The van der Waals surface area contributed by atoms with E-state index in [1.807, 2.05) is 6.92 Å². The fourth-order valence-corrected chi connectivity index (χ4v) is 2.96. The maximum Gasteiger partial charge on any atom is 0.327 e. The molecular weight excluding hydrogens is 254 g/mol. The molecule has 0 aromatic carbocycles. The summed E-state index contributed by atoms with van der Waals surface area (Å²) in [6, 6.07) is 0.539. The van der Waals surface area contributed by atoms with E-state index >= 15 is 0 Å². The molecule has 1 aliphatic rings. The predicted molar refractivity (Wildman–Crippen MR) is 81.9 cm³/mol. The highest BCUT2D eigenvalue weighted by Crippen LogP contribution is 2.21. The van der Waals surface area contributed by atoms with Crippen molar-refractivity contribution in [3.05, 3.63) is 0 Å². The summed E-state index contributed by atoms with van der Waals surface area (Å²) in [4.78, 5) is 16.8. The second-order valence-electron chi connectivity index (χ2n) is 6.28. The Kier molecular flexibility index (Phi) is 6.92. The second-order valence-corrected chi connectivity index (χ2v) is 6.28. The minimum atomic E-state index is -0.611. The zero-order valence-electron chi connectivity index (χ0n) is 13.7. The van der Waals surface area contributed by atoms with E-state index in [2.05, 4.69) is 36.1 Å². The molecule has 1 saturated heterocycles. The van der Waals surface area contributed by atoms with Crippen molar-refractivity contribution in [2.24, 2.45) is 0 Å². The van der Waals surface area contributed by atoms with Gasteiger partial charge in [-0.05, 0) is 53.4 Å². The van der Waals surface area contributed by atoms with Crippen molar-refractivity contribution in [2.75, 3.05) is 47.4 Å². The molecule has 1 rings (SSSR count). The lowest BCUT2D eigenvalue weighted by molar-refractivity contribution is -0.148. The topological polar surface area (TPSA) is 44.8 Å². The van der Waals surface area contributed by atoms with Crippen LogP contribution in [-0.2, 0) is 9.53 Å². The van der Waals surface area contributed by atoms with Crippen LogP contribution in [0.3, 0.4) is 0 Å². The lowest BCUT2D eigenvalue weighted by atomic mass is 10.0. The molecule has 2 unspecified atom stereocenters. The number of likely N-dealkylation sites (tertiary alicyclic amines) is 1. The van der Waals surface area contributed by atoms with Gasteiger partial charge >= 0.3 is 5.97 Å². The molecule has 0 amide bonds. The lowest BCUT2D eigenvalue weighted by Crippen LogP contribution is -2.58. The van der Waals surface area contributed by atoms with Crippen LogP contribution in [0.5, 0.6) is 0 Å². The van der Waals surface area contributed by atoms with Gasteiger partial charge in [-0.2, -0.15) is 0 Å². The first-order valence-electron chi connectivity index (χ1n) is 7.65. The Hall–Kier alpha value is -0.650. The van der Waals surface area contributed by atoms with Gasteiger partial charge in [0.2, 0.25) is 0 Å². The Balaban J connectivity index is 2.70. The van der Waals surface area contributed by atoms with E-state index in [1.54, 1.807) is 0 Å². The van der Waals surface area contributed by atoms with Crippen LogP contribution in [0.25, 0.3) is 0 Å². The number of ether oxygens (including phenoxy) is 1. The van der Waals surface area contributed by atoms with Gasteiger partial charge in [0.15, 0.2) is 0 Å². The molecule has 0 spiro atoms. The predicted octanol–water partition coefficient (Wildman–Crippen LogP) is 0.944. The number of rotatable bonds is 8. The molecule has 1 fully saturated rings. The summed E-state index contributed by atoms with van der Waals surface area (Å²) in [6.07, 6.45) is 3.43. The first kappa shape index (κ1) is 17.4. The molecule has 0 radical (unpaired) electrons. The Morgan fingerprint density at radius 1 is 1.50 bits per heavy atom. The smallest absolute Gasteiger partial charge is 0.327 e. The SMILES string of the molecule is CCCNC(C)(CN1CCCC1CN(C)C)C(=O)OC. The third-order valence-electron chi connectivity index (χ3n) is 4.00. The molecule has 0 aromatic heterocycles. The number of esters is 1. The summed E-state index contributed by atoms with van der Waals surface area (Å²) in [7, 11) is 5.67. The summed E-state index contributed by atoms with van der Waals surface area (Å²) >= 11 is 0. The van der Waals surface area contributed by atoms with Crippen molar-refractivity contribution in [1.29, 1.82) is 0 Å². The monoisotopic (exact) mass is 285 g/mol. The van der Waals surface area contributed by atoms with E-state index in [1.165, 1.54) is 20.0 Å². The molecule has 5 nitrogen and oxygen atoms in total. The molecule has 1 N–H and O–H groups in total. The van der Waals surface area contributed by atoms with Crippen LogP contribution in [0.15, 0.2) is 0 Å². The number of carbonyl (C=O) groups excluding carboxylic acids is 1. The van der Waals surface area contributed by atoms with E-state index in [4.69, 9.17) is 4.74 Å². The standard InChI is InChI=1S/C15H31N3O2/c1-6-9-16-15(2,14(19)20-5)12-18-10-7-8-13(18)11-17(3)4/h13,16H,6-12H2,1-5H3. The van der Waals surface area contributed by atoms with Crippen molar-refractivity contribution in [1.82, 2.24) is 15.1 Å². The molecule has 2 atom stereocenters. The summed E-state index contributed by atoms with van der Waals surface area (Å²) in [5.41, 5.74) is -0.611. The number of hydrogen-bond donors (Lipinski definition) is 1. The number of methoxy groups -OCH3 is 1. The zero-order valence-corrected chi connectivity index (χ0v) is 13.7. The maximum absolute atomic E-state index is 12.1. The number of nitrogens with one attached hydrogen (secondary N) is 1. The highest BCUT2D eigenvalue weighted by molar-refractivity contribution is 5.80. The van der Waals surface area contributed by atoms with Crippen LogP contribution < -0.4 is 5.32 Å². The van der Waals surface area contributed by atoms with Gasteiger partial charge in [-0.1, -0.05) is 6.92 Å². The van der Waals surface area contributed by atoms with E-state index < -0.39 is 5.54 Å². The van der Waals surface area contributed by atoms with Gasteiger partial charge in [0.1, 0.15) is 5.54 Å². The highest BCUT2D eigenvalue weighted by atomic mass is 16.5. The molecule has 1 heterocycles. The fraction of sp³-hybridized carbons (Fsp3) is 0.933. The molecule has 1 aliphatic heterocycles. The first-order chi connectivity index (χ1) is 9.42. The zero-order chi connectivity index (χ0) is 15.2. The number of hydrogen-bond acceptors (Lipinski definition) is 5. The van der Waals surface area contributed by atoms with Crippen molar-refractivity contribution in [3.63, 3.8) is 0 Å². The Bertz CT molecular complexity index is 309.